The fourth-order valence-corrected chi connectivity index (χ4v) is 4.21. The van der Waals surface area contributed by atoms with Gasteiger partial charge in [0.15, 0.2) is 9.84 Å². The zero-order chi connectivity index (χ0) is 24.0. The number of nitrogens with one attached hydrogen (secondary N) is 3. The van der Waals surface area contributed by atoms with Gasteiger partial charge in [-0.05, 0) is 42.3 Å². The summed E-state index contributed by atoms with van der Waals surface area (Å²) < 4.78 is 24.2. The highest BCUT2D eigenvalue weighted by Gasteiger charge is 2.16. The van der Waals surface area contributed by atoms with Crippen molar-refractivity contribution in [2.75, 3.05) is 23.5 Å². The number of amides is 2. The lowest BCUT2D eigenvalue weighted by Crippen LogP contribution is -2.40. The molecule has 0 heterocycles. The van der Waals surface area contributed by atoms with Crippen LogP contribution in [-0.2, 0) is 9.84 Å². The van der Waals surface area contributed by atoms with Crippen molar-refractivity contribution in [1.82, 2.24) is 5.01 Å². The van der Waals surface area contributed by atoms with Gasteiger partial charge in [0, 0.05) is 29.6 Å². The fourth-order valence-electron chi connectivity index (χ4n) is 3.30. The van der Waals surface area contributed by atoms with Gasteiger partial charge in [0.2, 0.25) is 0 Å². The van der Waals surface area contributed by atoms with E-state index in [1.54, 1.807) is 72.8 Å². The summed E-state index contributed by atoms with van der Waals surface area (Å²) in [4.78, 5) is 13.1. The molecule has 33 heavy (non-hydrogen) atoms. The number of anilines is 2. The lowest BCUT2D eigenvalue weighted by molar-refractivity contribution is 0.222. The minimum absolute atomic E-state index is 0.0531. The molecule has 8 nitrogen and oxygen atoms in total. The number of hydrogen-bond donors (Lipinski definition) is 4. The predicted molar refractivity (Wildman–Crippen MR) is 132 cm³/mol. The molecule has 0 spiro atoms. The smallest absolute Gasteiger partial charge is 0.340 e. The Labute approximate surface area is 193 Å². The van der Waals surface area contributed by atoms with Gasteiger partial charge in [-0.2, -0.15) is 0 Å². The third kappa shape index (κ3) is 6.11. The maximum absolute atomic E-state index is 12.9. The Morgan fingerprint density at radius 3 is 2.33 bits per heavy atom. The summed E-state index contributed by atoms with van der Waals surface area (Å²) >= 11 is 0. The molecule has 0 saturated heterocycles. The van der Waals surface area contributed by atoms with Crippen LogP contribution in [0, 0.1) is 5.41 Å². The number of urea groups is 1. The van der Waals surface area contributed by atoms with E-state index in [0.717, 1.165) is 12.0 Å². The molecule has 3 aromatic rings. The average Bonchev–Trinajstić information content (AvgIpc) is 2.79. The SMILES string of the molecule is CCCN(Nc1cccc(C(=N)N)c1)C(=O)Nc1ccc(-c2ccccc2S(C)(=O)=O)cc1. The minimum Gasteiger partial charge on any atom is -0.384 e. The third-order valence-corrected chi connectivity index (χ3v) is 6.02. The van der Waals surface area contributed by atoms with Crippen molar-refractivity contribution in [2.24, 2.45) is 5.73 Å². The lowest BCUT2D eigenvalue weighted by Gasteiger charge is -2.24. The summed E-state index contributed by atoms with van der Waals surface area (Å²) in [6.45, 7) is 2.41. The Hall–Kier alpha value is -3.85. The van der Waals surface area contributed by atoms with Crippen LogP contribution in [0.2, 0.25) is 0 Å². The number of carbonyl (C=O) groups is 1. The van der Waals surface area contributed by atoms with E-state index in [0.29, 0.717) is 29.0 Å². The molecule has 5 N–H and O–H groups in total. The van der Waals surface area contributed by atoms with Crippen molar-refractivity contribution in [3.8, 4) is 11.1 Å². The normalized spacial score (nSPS) is 11.0. The van der Waals surface area contributed by atoms with Crippen LogP contribution in [0.3, 0.4) is 0 Å². The first kappa shape index (κ1) is 23.8. The van der Waals surface area contributed by atoms with Gasteiger partial charge in [0.1, 0.15) is 5.84 Å². The Morgan fingerprint density at radius 1 is 1.00 bits per heavy atom. The largest absolute Gasteiger partial charge is 0.384 e. The molecule has 0 fully saturated rings. The molecule has 3 rings (SSSR count). The molecule has 0 aliphatic heterocycles. The number of hydrazine groups is 1. The number of carbonyl (C=O) groups excluding carboxylic acids is 1. The number of amidine groups is 1. The maximum atomic E-state index is 12.9. The van der Waals surface area contributed by atoms with Crippen molar-refractivity contribution in [3.63, 3.8) is 0 Å². The molecule has 0 atom stereocenters. The van der Waals surface area contributed by atoms with Gasteiger partial charge in [-0.25, -0.2) is 18.2 Å². The summed E-state index contributed by atoms with van der Waals surface area (Å²) in [5.74, 6) is -0.0531. The molecule has 3 aromatic carbocycles. The Balaban J connectivity index is 1.76. The number of rotatable bonds is 8. The third-order valence-electron chi connectivity index (χ3n) is 4.86. The number of nitrogens with two attached hydrogens (primary N) is 1. The highest BCUT2D eigenvalue weighted by molar-refractivity contribution is 7.90. The second-order valence-electron chi connectivity index (χ2n) is 7.53. The van der Waals surface area contributed by atoms with E-state index in [1.165, 1.54) is 11.3 Å². The molecular formula is C24H27N5O3S. The Kier molecular flexibility index (Phi) is 7.34. The van der Waals surface area contributed by atoms with E-state index in [9.17, 15) is 13.2 Å². The maximum Gasteiger partial charge on any atom is 0.340 e. The van der Waals surface area contributed by atoms with E-state index in [-0.39, 0.29) is 16.8 Å². The topological polar surface area (TPSA) is 128 Å². The summed E-state index contributed by atoms with van der Waals surface area (Å²) in [5.41, 5.74) is 11.7. The van der Waals surface area contributed by atoms with Crippen molar-refractivity contribution in [1.29, 1.82) is 5.41 Å². The molecular weight excluding hydrogens is 438 g/mol. The molecule has 9 heteroatoms. The van der Waals surface area contributed by atoms with Gasteiger partial charge in [0.25, 0.3) is 0 Å². The molecule has 0 unspecified atom stereocenters. The summed E-state index contributed by atoms with van der Waals surface area (Å²) in [6.07, 6.45) is 1.91. The van der Waals surface area contributed by atoms with Gasteiger partial charge < -0.3 is 11.1 Å². The van der Waals surface area contributed by atoms with Gasteiger partial charge in [0.05, 0.1) is 10.6 Å². The van der Waals surface area contributed by atoms with E-state index in [2.05, 4.69) is 10.7 Å². The zero-order valence-electron chi connectivity index (χ0n) is 18.5. The standard InChI is InChI=1S/C24H27N5O3S/c1-3-15-29(28-20-8-6-7-18(16-20)23(25)26)24(30)27-19-13-11-17(12-14-19)21-9-4-5-10-22(21)33(2,31)32/h4-14,16,28H,3,15H2,1-2H3,(H3,25,26)(H,27,30). The molecule has 0 aromatic heterocycles. The first-order chi connectivity index (χ1) is 15.7. The summed E-state index contributed by atoms with van der Waals surface area (Å²) in [6, 6.07) is 20.4. The first-order valence-corrected chi connectivity index (χ1v) is 12.3. The zero-order valence-corrected chi connectivity index (χ0v) is 19.3. The van der Waals surface area contributed by atoms with Crippen LogP contribution in [0.25, 0.3) is 11.1 Å². The fraction of sp³-hybridized carbons (Fsp3) is 0.167. The van der Waals surface area contributed by atoms with Crippen LogP contribution >= 0.6 is 0 Å². The highest BCUT2D eigenvalue weighted by Crippen LogP contribution is 2.28. The average molecular weight is 466 g/mol. The predicted octanol–water partition coefficient (Wildman–Crippen LogP) is 4.31. The minimum atomic E-state index is -3.37. The van der Waals surface area contributed by atoms with E-state index >= 15 is 0 Å². The number of nitrogens with zero attached hydrogens (tertiary/aromatic N) is 1. The molecule has 0 radical (unpaired) electrons. The first-order valence-electron chi connectivity index (χ1n) is 10.4. The second-order valence-corrected chi connectivity index (χ2v) is 9.52. The lowest BCUT2D eigenvalue weighted by atomic mass is 10.1. The second kappa shape index (κ2) is 10.2. The van der Waals surface area contributed by atoms with Crippen molar-refractivity contribution < 1.29 is 13.2 Å². The molecule has 172 valence electrons. The summed E-state index contributed by atoms with van der Waals surface area (Å²) in [7, 11) is -3.37. The molecule has 0 bridgehead atoms. The quantitative estimate of drug-likeness (QED) is 0.224. The van der Waals surface area contributed by atoms with Gasteiger partial charge in [-0.1, -0.05) is 49.4 Å². The summed E-state index contributed by atoms with van der Waals surface area (Å²) in [5, 5.41) is 11.9. The monoisotopic (exact) mass is 465 g/mol. The van der Waals surface area contributed by atoms with Crippen molar-refractivity contribution >= 4 is 33.1 Å². The van der Waals surface area contributed by atoms with Crippen molar-refractivity contribution in [2.45, 2.75) is 18.2 Å². The Bertz CT molecular complexity index is 1260. The Morgan fingerprint density at radius 2 is 1.70 bits per heavy atom. The van der Waals surface area contributed by atoms with E-state index in [1.807, 2.05) is 6.92 Å². The van der Waals surface area contributed by atoms with Crippen molar-refractivity contribution in [3.05, 3.63) is 78.4 Å². The number of nitrogen functional groups attached to an aromatic ring is 1. The van der Waals surface area contributed by atoms with Crippen LogP contribution in [0.5, 0.6) is 0 Å². The van der Waals surface area contributed by atoms with Crippen LogP contribution in [0.1, 0.15) is 18.9 Å². The van der Waals surface area contributed by atoms with Gasteiger partial charge in [-0.15, -0.1) is 0 Å². The number of sulfone groups is 1. The van der Waals surface area contributed by atoms with Crippen LogP contribution in [0.15, 0.2) is 77.7 Å². The van der Waals surface area contributed by atoms with Gasteiger partial charge in [-0.3, -0.25) is 10.8 Å². The molecule has 0 aliphatic carbocycles. The van der Waals surface area contributed by atoms with Crippen LogP contribution in [-0.4, -0.2) is 38.1 Å². The molecule has 0 aliphatic rings. The van der Waals surface area contributed by atoms with Crippen LogP contribution in [0.4, 0.5) is 16.2 Å². The van der Waals surface area contributed by atoms with Crippen LogP contribution < -0.4 is 16.5 Å². The number of benzene rings is 3. The molecule has 0 saturated carbocycles. The van der Waals surface area contributed by atoms with E-state index < -0.39 is 9.84 Å². The van der Waals surface area contributed by atoms with E-state index in [4.69, 9.17) is 11.1 Å². The number of hydrogen-bond acceptors (Lipinski definition) is 5. The highest BCUT2D eigenvalue weighted by atomic mass is 32.2. The molecule has 2 amide bonds. The van der Waals surface area contributed by atoms with Gasteiger partial charge >= 0.3 is 6.03 Å².